The predicted molar refractivity (Wildman–Crippen MR) is 64.6 cm³/mol. The Balaban J connectivity index is 2.30. The van der Waals surface area contributed by atoms with E-state index >= 15 is 0 Å². The molecule has 0 bridgehead atoms. The van der Waals surface area contributed by atoms with Crippen molar-refractivity contribution in [1.29, 1.82) is 0 Å². The van der Waals surface area contributed by atoms with Gasteiger partial charge in [0.05, 0.1) is 5.56 Å². The predicted octanol–water partition coefficient (Wildman–Crippen LogP) is 3.60. The zero-order valence-electron chi connectivity index (χ0n) is 9.15. The highest BCUT2D eigenvalue weighted by Crippen LogP contribution is 2.37. The van der Waals surface area contributed by atoms with E-state index in [9.17, 15) is 13.2 Å². The summed E-state index contributed by atoms with van der Waals surface area (Å²) in [6.07, 6.45) is -4.45. The second-order valence-corrected chi connectivity index (χ2v) is 5.53. The molecule has 0 unspecified atom stereocenters. The second-order valence-electron chi connectivity index (χ2n) is 3.46. The molecule has 0 saturated carbocycles. The molecule has 2 aromatic rings. The summed E-state index contributed by atoms with van der Waals surface area (Å²) in [5.41, 5.74) is 4.22. The maximum atomic E-state index is 12.7. The summed E-state index contributed by atoms with van der Waals surface area (Å²) in [5, 5.41) is 0. The zero-order chi connectivity index (χ0) is 13.3. The molecule has 96 valence electrons. The Morgan fingerprint density at radius 1 is 1.33 bits per heavy atom. The number of nitrogen functional groups attached to an aromatic ring is 1. The lowest BCUT2D eigenvalue weighted by Gasteiger charge is -2.10. The monoisotopic (exact) mass is 291 g/mol. The van der Waals surface area contributed by atoms with Crippen molar-refractivity contribution in [2.75, 3.05) is 5.73 Å². The summed E-state index contributed by atoms with van der Waals surface area (Å²) in [6, 6.07) is 3.81. The van der Waals surface area contributed by atoms with E-state index in [1.165, 1.54) is 12.1 Å². The summed E-state index contributed by atoms with van der Waals surface area (Å²) in [5.74, 6) is 0.606. The van der Waals surface area contributed by atoms with Crippen LogP contribution < -0.4 is 5.73 Å². The number of aryl methyl sites for hydroxylation is 1. The molecule has 0 spiro atoms. The van der Waals surface area contributed by atoms with Crippen molar-refractivity contribution >= 4 is 29.0 Å². The van der Waals surface area contributed by atoms with Gasteiger partial charge < -0.3 is 5.73 Å². The highest BCUT2D eigenvalue weighted by Gasteiger charge is 2.33. The minimum atomic E-state index is -4.45. The van der Waals surface area contributed by atoms with Gasteiger partial charge >= 0.3 is 6.18 Å². The van der Waals surface area contributed by atoms with Crippen molar-refractivity contribution in [1.82, 2.24) is 9.36 Å². The second kappa shape index (κ2) is 4.77. The Morgan fingerprint density at radius 3 is 2.61 bits per heavy atom. The van der Waals surface area contributed by atoms with Crippen LogP contribution in [0.5, 0.6) is 0 Å². The van der Waals surface area contributed by atoms with Gasteiger partial charge in [-0.15, -0.1) is 0 Å². The minimum Gasteiger partial charge on any atom is -0.398 e. The molecule has 1 heterocycles. The van der Waals surface area contributed by atoms with E-state index < -0.39 is 11.7 Å². The summed E-state index contributed by atoms with van der Waals surface area (Å²) >= 11 is 2.29. The lowest BCUT2D eigenvalue weighted by atomic mass is 10.2. The first-order chi connectivity index (χ1) is 8.36. The first kappa shape index (κ1) is 13.2. The average molecular weight is 291 g/mol. The van der Waals surface area contributed by atoms with Gasteiger partial charge in [-0.1, -0.05) is 11.8 Å². The number of benzene rings is 1. The third kappa shape index (κ3) is 2.94. The van der Waals surface area contributed by atoms with E-state index in [2.05, 4.69) is 9.36 Å². The van der Waals surface area contributed by atoms with Gasteiger partial charge in [-0.05, 0) is 36.7 Å². The summed E-state index contributed by atoms with van der Waals surface area (Å²) in [7, 11) is 0. The normalized spacial score (nSPS) is 11.8. The summed E-state index contributed by atoms with van der Waals surface area (Å²) < 4.78 is 42.5. The van der Waals surface area contributed by atoms with Gasteiger partial charge in [0, 0.05) is 10.6 Å². The minimum absolute atomic E-state index is 0.278. The number of aromatic nitrogens is 2. The maximum absolute atomic E-state index is 12.7. The van der Waals surface area contributed by atoms with E-state index in [-0.39, 0.29) is 5.69 Å². The molecule has 1 aromatic heterocycles. The molecule has 0 fully saturated rings. The van der Waals surface area contributed by atoms with Crippen molar-refractivity contribution in [3.63, 3.8) is 0 Å². The van der Waals surface area contributed by atoms with Crippen molar-refractivity contribution in [3.05, 3.63) is 29.6 Å². The number of alkyl halides is 3. The van der Waals surface area contributed by atoms with Gasteiger partial charge in [0.25, 0.3) is 0 Å². The molecular formula is C10H8F3N3S2. The molecule has 0 aliphatic heterocycles. The fourth-order valence-corrected chi connectivity index (χ4v) is 2.93. The van der Waals surface area contributed by atoms with Crippen LogP contribution in [0.25, 0.3) is 0 Å². The van der Waals surface area contributed by atoms with Gasteiger partial charge in [-0.3, -0.25) is 0 Å². The molecule has 18 heavy (non-hydrogen) atoms. The van der Waals surface area contributed by atoms with Crippen molar-refractivity contribution in [2.45, 2.75) is 22.3 Å². The van der Waals surface area contributed by atoms with Crippen LogP contribution in [0.3, 0.4) is 0 Å². The standard InChI is InChI=1S/C10H8F3N3S2/c1-5-15-9(18-16-5)17-6-2-3-8(14)7(4-6)10(11,12)13/h2-4H,14H2,1H3. The van der Waals surface area contributed by atoms with E-state index in [1.54, 1.807) is 6.92 Å². The SMILES string of the molecule is Cc1nsc(Sc2ccc(N)c(C(F)(F)F)c2)n1. The molecule has 0 amide bonds. The van der Waals surface area contributed by atoms with Gasteiger partial charge in [0.2, 0.25) is 0 Å². The van der Waals surface area contributed by atoms with Crippen LogP contribution in [0.2, 0.25) is 0 Å². The molecule has 0 aliphatic rings. The summed E-state index contributed by atoms with van der Waals surface area (Å²) in [6.45, 7) is 1.73. The smallest absolute Gasteiger partial charge is 0.398 e. The largest absolute Gasteiger partial charge is 0.418 e. The number of rotatable bonds is 2. The van der Waals surface area contributed by atoms with E-state index in [4.69, 9.17) is 5.73 Å². The van der Waals surface area contributed by atoms with Crippen LogP contribution >= 0.6 is 23.3 Å². The Bertz CT molecular complexity index is 566. The first-order valence-corrected chi connectivity index (χ1v) is 6.40. The molecule has 2 N–H and O–H groups in total. The van der Waals surface area contributed by atoms with Crippen LogP contribution in [0, 0.1) is 6.92 Å². The fourth-order valence-electron chi connectivity index (χ4n) is 1.26. The maximum Gasteiger partial charge on any atom is 0.418 e. The number of halogens is 3. The van der Waals surface area contributed by atoms with Gasteiger partial charge in [0.1, 0.15) is 5.82 Å². The number of hydrogen-bond donors (Lipinski definition) is 1. The van der Waals surface area contributed by atoms with Crippen LogP contribution in [0.4, 0.5) is 18.9 Å². The van der Waals surface area contributed by atoms with Crippen LogP contribution in [-0.2, 0) is 6.18 Å². The molecule has 2 rings (SSSR count). The number of nitrogens with zero attached hydrogens (tertiary/aromatic N) is 2. The van der Waals surface area contributed by atoms with Crippen molar-refractivity contribution in [2.24, 2.45) is 0 Å². The topological polar surface area (TPSA) is 51.8 Å². The van der Waals surface area contributed by atoms with E-state index in [1.807, 2.05) is 0 Å². The lowest BCUT2D eigenvalue weighted by molar-refractivity contribution is -0.137. The Hall–Kier alpha value is -1.28. The molecular weight excluding hydrogens is 283 g/mol. The lowest BCUT2D eigenvalue weighted by Crippen LogP contribution is -2.08. The van der Waals surface area contributed by atoms with Gasteiger partial charge in [-0.25, -0.2) is 4.98 Å². The molecule has 0 radical (unpaired) electrons. The number of nitrogens with two attached hydrogens (primary N) is 1. The summed E-state index contributed by atoms with van der Waals surface area (Å²) in [4.78, 5) is 4.52. The third-order valence-electron chi connectivity index (χ3n) is 2.04. The van der Waals surface area contributed by atoms with Crippen LogP contribution in [-0.4, -0.2) is 9.36 Å². The number of anilines is 1. The van der Waals surface area contributed by atoms with E-state index in [0.717, 1.165) is 29.4 Å². The Kier molecular flexibility index (Phi) is 3.49. The molecule has 0 saturated heterocycles. The first-order valence-electron chi connectivity index (χ1n) is 4.81. The quantitative estimate of drug-likeness (QED) is 0.859. The molecule has 3 nitrogen and oxygen atoms in total. The van der Waals surface area contributed by atoms with Crippen molar-refractivity contribution in [3.8, 4) is 0 Å². The Morgan fingerprint density at radius 2 is 2.06 bits per heavy atom. The fraction of sp³-hybridized carbons (Fsp3) is 0.200. The van der Waals surface area contributed by atoms with Gasteiger partial charge in [-0.2, -0.15) is 17.5 Å². The highest BCUT2D eigenvalue weighted by molar-refractivity contribution is 8.01. The van der Waals surface area contributed by atoms with Gasteiger partial charge in [0.15, 0.2) is 4.34 Å². The zero-order valence-corrected chi connectivity index (χ0v) is 10.8. The molecule has 0 atom stereocenters. The Labute approximate surface area is 109 Å². The van der Waals surface area contributed by atoms with E-state index in [0.29, 0.717) is 15.1 Å². The molecule has 8 heteroatoms. The number of hydrogen-bond acceptors (Lipinski definition) is 5. The molecule has 0 aliphatic carbocycles. The molecule has 1 aromatic carbocycles. The van der Waals surface area contributed by atoms with Crippen molar-refractivity contribution < 1.29 is 13.2 Å². The van der Waals surface area contributed by atoms with Crippen LogP contribution in [0.15, 0.2) is 27.4 Å². The van der Waals surface area contributed by atoms with Crippen LogP contribution in [0.1, 0.15) is 11.4 Å². The third-order valence-corrected chi connectivity index (χ3v) is 3.88. The highest BCUT2D eigenvalue weighted by atomic mass is 32.2. The average Bonchev–Trinajstić information content (AvgIpc) is 2.65.